The normalized spacial score (nSPS) is 15.6. The zero-order chi connectivity index (χ0) is 20.6. The predicted molar refractivity (Wildman–Crippen MR) is 107 cm³/mol. The highest BCUT2D eigenvalue weighted by Gasteiger charge is 2.37. The molecule has 146 valence electrons. The van der Waals surface area contributed by atoms with Crippen molar-refractivity contribution in [3.63, 3.8) is 0 Å². The molecular formula is C21H23N3O4. The van der Waals surface area contributed by atoms with Crippen LogP contribution in [0.25, 0.3) is 0 Å². The first kappa shape index (κ1) is 19.4. The zero-order valence-electron chi connectivity index (χ0n) is 16.4. The van der Waals surface area contributed by atoms with E-state index < -0.39 is 23.1 Å². The third-order valence-electron chi connectivity index (χ3n) is 4.95. The molecule has 1 atom stereocenters. The lowest BCUT2D eigenvalue weighted by Gasteiger charge is -2.30. The number of aromatic nitrogens is 2. The van der Waals surface area contributed by atoms with Crippen LogP contribution in [0.5, 0.6) is 0 Å². The molecule has 7 nitrogen and oxygen atoms in total. The summed E-state index contributed by atoms with van der Waals surface area (Å²) in [6, 6.07) is 7.61. The minimum atomic E-state index is -0.653. The molecule has 2 heterocycles. The Kier molecular flexibility index (Phi) is 5.09. The van der Waals surface area contributed by atoms with Gasteiger partial charge in [0.2, 0.25) is 0 Å². The number of fused-ring (bicyclic) bond motifs is 1. The molecule has 0 saturated heterocycles. The van der Waals surface area contributed by atoms with Crippen molar-refractivity contribution in [1.82, 2.24) is 9.13 Å². The van der Waals surface area contributed by atoms with Crippen LogP contribution in [0.1, 0.15) is 29.5 Å². The fraction of sp³-hybridized carbons (Fsp3) is 0.286. The van der Waals surface area contributed by atoms with Crippen LogP contribution in [0, 0.1) is 6.92 Å². The first-order valence-electron chi connectivity index (χ1n) is 8.90. The predicted octanol–water partition coefficient (Wildman–Crippen LogP) is 1.95. The largest absolute Gasteiger partial charge is 0.458 e. The molecule has 28 heavy (non-hydrogen) atoms. The highest BCUT2D eigenvalue weighted by atomic mass is 16.5. The van der Waals surface area contributed by atoms with E-state index in [1.165, 1.54) is 17.7 Å². The molecule has 1 aliphatic heterocycles. The van der Waals surface area contributed by atoms with Gasteiger partial charge in [-0.3, -0.25) is 13.9 Å². The third-order valence-corrected chi connectivity index (χ3v) is 4.95. The van der Waals surface area contributed by atoms with E-state index in [-0.39, 0.29) is 6.61 Å². The van der Waals surface area contributed by atoms with Crippen molar-refractivity contribution in [3.8, 4) is 0 Å². The fourth-order valence-corrected chi connectivity index (χ4v) is 3.46. The molecule has 0 amide bonds. The van der Waals surface area contributed by atoms with Gasteiger partial charge >= 0.3 is 11.7 Å². The molecule has 1 aromatic heterocycles. The summed E-state index contributed by atoms with van der Waals surface area (Å²) in [6.07, 6.45) is 1.49. The van der Waals surface area contributed by atoms with Gasteiger partial charge in [0.25, 0.3) is 5.56 Å². The van der Waals surface area contributed by atoms with Crippen LogP contribution in [0.15, 0.2) is 57.8 Å². The minimum absolute atomic E-state index is 0.0639. The van der Waals surface area contributed by atoms with E-state index in [1.807, 2.05) is 31.2 Å². The van der Waals surface area contributed by atoms with E-state index in [0.29, 0.717) is 22.7 Å². The average Bonchev–Trinajstić information content (AvgIpc) is 2.68. The molecular weight excluding hydrogens is 358 g/mol. The fourth-order valence-electron chi connectivity index (χ4n) is 3.46. The Morgan fingerprint density at radius 2 is 1.82 bits per heavy atom. The first-order chi connectivity index (χ1) is 13.3. The molecule has 0 saturated carbocycles. The lowest BCUT2D eigenvalue weighted by molar-refractivity contribution is -0.138. The molecule has 1 N–H and O–H groups in total. The molecule has 0 spiro atoms. The Labute approximate surface area is 162 Å². The van der Waals surface area contributed by atoms with Gasteiger partial charge in [-0.25, -0.2) is 9.59 Å². The summed E-state index contributed by atoms with van der Waals surface area (Å²) in [5.74, 6) is -0.798. The molecule has 0 bridgehead atoms. The van der Waals surface area contributed by atoms with Crippen molar-refractivity contribution < 1.29 is 9.53 Å². The van der Waals surface area contributed by atoms with Gasteiger partial charge < -0.3 is 10.1 Å². The number of carbonyl (C=O) groups excluding carboxylic acids is 1. The molecule has 1 unspecified atom stereocenters. The molecule has 0 fully saturated rings. The monoisotopic (exact) mass is 381 g/mol. The second kappa shape index (κ2) is 7.34. The second-order valence-corrected chi connectivity index (χ2v) is 6.86. The van der Waals surface area contributed by atoms with Crippen LogP contribution in [-0.2, 0) is 23.6 Å². The Bertz CT molecular complexity index is 1100. The van der Waals surface area contributed by atoms with Crippen LogP contribution >= 0.6 is 0 Å². The third kappa shape index (κ3) is 3.09. The van der Waals surface area contributed by atoms with Crippen molar-refractivity contribution in [2.24, 2.45) is 14.1 Å². The Balaban J connectivity index is 2.33. The number of esters is 1. The summed E-state index contributed by atoms with van der Waals surface area (Å²) in [4.78, 5) is 38.3. The summed E-state index contributed by atoms with van der Waals surface area (Å²) in [5, 5.41) is 3.06. The molecule has 2 aromatic rings. The number of allylic oxidation sites excluding steroid dienone is 1. The number of anilines is 1. The van der Waals surface area contributed by atoms with Gasteiger partial charge in [0, 0.05) is 19.8 Å². The maximum atomic E-state index is 13.0. The van der Waals surface area contributed by atoms with Gasteiger partial charge in [-0.15, -0.1) is 0 Å². The molecule has 0 aliphatic carbocycles. The first-order valence-corrected chi connectivity index (χ1v) is 8.90. The summed E-state index contributed by atoms with van der Waals surface area (Å²) in [7, 11) is 3.02. The van der Waals surface area contributed by atoms with Gasteiger partial charge in [0.05, 0.1) is 17.1 Å². The van der Waals surface area contributed by atoms with E-state index in [4.69, 9.17) is 4.74 Å². The molecule has 7 heteroatoms. The van der Waals surface area contributed by atoms with Crippen molar-refractivity contribution in [2.45, 2.75) is 19.8 Å². The van der Waals surface area contributed by atoms with Crippen LogP contribution in [0.2, 0.25) is 0 Å². The van der Waals surface area contributed by atoms with Crippen molar-refractivity contribution in [3.05, 3.63) is 85.7 Å². The second-order valence-electron chi connectivity index (χ2n) is 6.86. The topological polar surface area (TPSA) is 82.3 Å². The van der Waals surface area contributed by atoms with Gasteiger partial charge in [-0.2, -0.15) is 0 Å². The highest BCUT2D eigenvalue weighted by Crippen LogP contribution is 2.39. The van der Waals surface area contributed by atoms with E-state index in [9.17, 15) is 14.4 Å². The van der Waals surface area contributed by atoms with E-state index in [1.54, 1.807) is 14.0 Å². The number of hydrogen-bond donors (Lipinski definition) is 1. The Morgan fingerprint density at radius 3 is 2.43 bits per heavy atom. The van der Waals surface area contributed by atoms with Gasteiger partial charge in [-0.05, 0) is 19.4 Å². The summed E-state index contributed by atoms with van der Waals surface area (Å²) < 4.78 is 7.72. The molecule has 1 aliphatic rings. The number of nitrogens with zero attached hydrogens (tertiary/aromatic N) is 2. The van der Waals surface area contributed by atoms with Crippen molar-refractivity contribution >= 4 is 11.8 Å². The van der Waals surface area contributed by atoms with Crippen molar-refractivity contribution in [1.29, 1.82) is 0 Å². The quantitative estimate of drug-likeness (QED) is 0.647. The van der Waals surface area contributed by atoms with Crippen LogP contribution in [-0.4, -0.2) is 21.7 Å². The summed E-state index contributed by atoms with van der Waals surface area (Å²) in [5.41, 5.74) is 2.16. The van der Waals surface area contributed by atoms with E-state index in [2.05, 4.69) is 11.9 Å². The Morgan fingerprint density at radius 1 is 1.18 bits per heavy atom. The van der Waals surface area contributed by atoms with E-state index >= 15 is 0 Å². The van der Waals surface area contributed by atoms with Crippen LogP contribution < -0.4 is 16.6 Å². The number of rotatable bonds is 4. The summed E-state index contributed by atoms with van der Waals surface area (Å²) >= 11 is 0. The van der Waals surface area contributed by atoms with Crippen molar-refractivity contribution in [2.75, 3.05) is 11.9 Å². The van der Waals surface area contributed by atoms with Gasteiger partial charge in [0.15, 0.2) is 0 Å². The SMILES string of the molecule is C=CCOC(=O)C1=C(C)Nc2c(c(=O)n(C)c(=O)n2C)C1c1ccc(C)cc1. The van der Waals surface area contributed by atoms with Gasteiger partial charge in [-0.1, -0.05) is 42.5 Å². The van der Waals surface area contributed by atoms with Gasteiger partial charge in [0.1, 0.15) is 12.4 Å². The number of hydrogen-bond acceptors (Lipinski definition) is 5. The Hall–Kier alpha value is -3.35. The number of carbonyl (C=O) groups is 1. The standard InChI is InChI=1S/C21H23N3O4/c1-6-11-28-20(26)15-13(3)22-18-17(19(25)24(5)21(27)23(18)4)16(15)14-9-7-12(2)8-10-14/h6-10,16,22H,1,11H2,2-5H3. The zero-order valence-corrected chi connectivity index (χ0v) is 16.4. The maximum Gasteiger partial charge on any atom is 0.337 e. The average molecular weight is 381 g/mol. The number of nitrogens with one attached hydrogen (secondary N) is 1. The lowest BCUT2D eigenvalue weighted by atomic mass is 9.82. The highest BCUT2D eigenvalue weighted by molar-refractivity contribution is 5.94. The lowest BCUT2D eigenvalue weighted by Crippen LogP contribution is -2.43. The van der Waals surface area contributed by atoms with Crippen LogP contribution in [0.3, 0.4) is 0 Å². The summed E-state index contributed by atoms with van der Waals surface area (Å²) in [6.45, 7) is 7.32. The maximum absolute atomic E-state index is 13.0. The number of aryl methyl sites for hydroxylation is 1. The number of ether oxygens (including phenoxy) is 1. The molecule has 1 aromatic carbocycles. The molecule has 0 radical (unpaired) electrons. The molecule has 3 rings (SSSR count). The number of benzene rings is 1. The van der Waals surface area contributed by atoms with E-state index in [0.717, 1.165) is 15.7 Å². The smallest absolute Gasteiger partial charge is 0.337 e. The minimum Gasteiger partial charge on any atom is -0.458 e. The van der Waals surface area contributed by atoms with Crippen LogP contribution in [0.4, 0.5) is 5.82 Å².